The Kier molecular flexibility index (Phi) is 5.48. The summed E-state index contributed by atoms with van der Waals surface area (Å²) in [6.45, 7) is 0.528. The minimum absolute atomic E-state index is 0.0719. The van der Waals surface area contributed by atoms with Crippen LogP contribution in [0.1, 0.15) is 12.8 Å². The van der Waals surface area contributed by atoms with Crippen molar-refractivity contribution in [3.63, 3.8) is 0 Å². The van der Waals surface area contributed by atoms with E-state index < -0.39 is 0 Å². The molecule has 0 aliphatic carbocycles. The third-order valence-corrected chi connectivity index (χ3v) is 4.82. The number of nitrogens with one attached hydrogen (secondary N) is 1. The first-order valence-corrected chi connectivity index (χ1v) is 9.80. The number of nitrogens with zero attached hydrogens (tertiary/aromatic N) is 5. The van der Waals surface area contributed by atoms with E-state index in [4.69, 9.17) is 0 Å². The molecule has 0 bridgehead atoms. The van der Waals surface area contributed by atoms with E-state index in [2.05, 4.69) is 25.7 Å². The molecular weight excluding hydrogens is 372 g/mol. The Labute approximate surface area is 166 Å². The molecule has 0 atom stereocenters. The molecule has 8 heteroatoms. The van der Waals surface area contributed by atoms with Crippen LogP contribution >= 0.6 is 11.3 Å². The van der Waals surface area contributed by atoms with Crippen molar-refractivity contribution in [1.82, 2.24) is 25.2 Å². The van der Waals surface area contributed by atoms with Gasteiger partial charge in [0.15, 0.2) is 5.13 Å². The normalized spacial score (nSPS) is 10.7. The summed E-state index contributed by atoms with van der Waals surface area (Å²) in [5, 5.41) is 17.8. The molecular formula is C20H18N6OS. The van der Waals surface area contributed by atoms with Gasteiger partial charge >= 0.3 is 0 Å². The first kappa shape index (κ1) is 18.0. The second kappa shape index (κ2) is 8.53. The van der Waals surface area contributed by atoms with E-state index in [1.165, 1.54) is 16.1 Å². The van der Waals surface area contributed by atoms with Crippen LogP contribution in [0.3, 0.4) is 0 Å². The van der Waals surface area contributed by atoms with Crippen LogP contribution in [0, 0.1) is 0 Å². The van der Waals surface area contributed by atoms with Crippen LogP contribution in [0.4, 0.5) is 5.13 Å². The Morgan fingerprint density at radius 2 is 1.71 bits per heavy atom. The van der Waals surface area contributed by atoms with Gasteiger partial charge in [0, 0.05) is 22.9 Å². The Morgan fingerprint density at radius 3 is 2.46 bits per heavy atom. The van der Waals surface area contributed by atoms with Crippen LogP contribution in [-0.4, -0.2) is 31.1 Å². The molecule has 0 saturated carbocycles. The van der Waals surface area contributed by atoms with Gasteiger partial charge in [0.05, 0.1) is 12.2 Å². The lowest BCUT2D eigenvalue weighted by Crippen LogP contribution is -2.13. The molecule has 1 N–H and O–H groups in total. The molecule has 4 rings (SSSR count). The van der Waals surface area contributed by atoms with Crippen molar-refractivity contribution in [3.8, 4) is 22.6 Å². The SMILES string of the molecule is O=C(CCCn1nnc(-c2ccccc2)n1)Nc1nc(-c2ccccc2)cs1. The summed E-state index contributed by atoms with van der Waals surface area (Å²) >= 11 is 1.42. The number of tetrazole rings is 1. The third kappa shape index (κ3) is 4.47. The quantitative estimate of drug-likeness (QED) is 0.517. The van der Waals surface area contributed by atoms with Gasteiger partial charge in [-0.15, -0.1) is 21.5 Å². The van der Waals surface area contributed by atoms with Crippen LogP contribution in [0.15, 0.2) is 66.0 Å². The summed E-state index contributed by atoms with van der Waals surface area (Å²) in [6, 6.07) is 19.6. The van der Waals surface area contributed by atoms with Crippen LogP contribution in [-0.2, 0) is 11.3 Å². The molecule has 2 heterocycles. The number of benzene rings is 2. The number of rotatable bonds is 7. The molecule has 1 amide bonds. The first-order valence-electron chi connectivity index (χ1n) is 8.92. The molecule has 28 heavy (non-hydrogen) atoms. The summed E-state index contributed by atoms with van der Waals surface area (Å²) in [5.41, 5.74) is 2.82. The van der Waals surface area contributed by atoms with Gasteiger partial charge < -0.3 is 5.32 Å². The van der Waals surface area contributed by atoms with E-state index in [1.54, 1.807) is 0 Å². The van der Waals surface area contributed by atoms with E-state index in [-0.39, 0.29) is 5.91 Å². The summed E-state index contributed by atoms with van der Waals surface area (Å²) in [7, 11) is 0. The number of carbonyl (C=O) groups excluding carboxylic acids is 1. The zero-order chi connectivity index (χ0) is 19.2. The monoisotopic (exact) mass is 390 g/mol. The highest BCUT2D eigenvalue weighted by Gasteiger charge is 2.09. The van der Waals surface area contributed by atoms with E-state index in [0.717, 1.165) is 16.8 Å². The lowest BCUT2D eigenvalue weighted by atomic mass is 10.2. The number of hydrogen-bond donors (Lipinski definition) is 1. The van der Waals surface area contributed by atoms with Crippen molar-refractivity contribution in [2.24, 2.45) is 0 Å². The molecule has 7 nitrogen and oxygen atoms in total. The van der Waals surface area contributed by atoms with Gasteiger partial charge in [-0.05, 0) is 11.6 Å². The van der Waals surface area contributed by atoms with Crippen LogP contribution in [0.2, 0.25) is 0 Å². The average Bonchev–Trinajstić information content (AvgIpc) is 3.39. The molecule has 0 fully saturated rings. The fraction of sp³-hybridized carbons (Fsp3) is 0.150. The lowest BCUT2D eigenvalue weighted by molar-refractivity contribution is -0.116. The molecule has 2 aromatic heterocycles. The molecule has 0 saturated heterocycles. The maximum absolute atomic E-state index is 12.2. The summed E-state index contributed by atoms with van der Waals surface area (Å²) in [4.78, 5) is 18.2. The van der Waals surface area contributed by atoms with Gasteiger partial charge in [0.2, 0.25) is 11.7 Å². The van der Waals surface area contributed by atoms with E-state index in [9.17, 15) is 4.79 Å². The largest absolute Gasteiger partial charge is 0.302 e. The summed E-state index contributed by atoms with van der Waals surface area (Å²) in [6.07, 6.45) is 0.982. The maximum atomic E-state index is 12.2. The fourth-order valence-corrected chi connectivity index (χ4v) is 3.41. The van der Waals surface area contributed by atoms with Gasteiger partial charge in [0.25, 0.3) is 0 Å². The molecule has 4 aromatic rings. The number of aryl methyl sites for hydroxylation is 1. The number of hydrogen-bond acceptors (Lipinski definition) is 6. The number of thiazole rings is 1. The van der Waals surface area contributed by atoms with E-state index in [1.807, 2.05) is 66.0 Å². The van der Waals surface area contributed by atoms with Crippen molar-refractivity contribution < 1.29 is 4.79 Å². The van der Waals surface area contributed by atoms with Crippen LogP contribution in [0.5, 0.6) is 0 Å². The smallest absolute Gasteiger partial charge is 0.226 e. The van der Waals surface area contributed by atoms with Crippen LogP contribution < -0.4 is 5.32 Å². The highest BCUT2D eigenvalue weighted by Crippen LogP contribution is 2.24. The second-order valence-electron chi connectivity index (χ2n) is 6.13. The minimum Gasteiger partial charge on any atom is -0.302 e. The summed E-state index contributed by atoms with van der Waals surface area (Å²) in [5.74, 6) is 0.513. The summed E-state index contributed by atoms with van der Waals surface area (Å²) < 4.78 is 0. The number of aromatic nitrogens is 5. The minimum atomic E-state index is -0.0719. The van der Waals surface area contributed by atoms with Crippen molar-refractivity contribution in [3.05, 3.63) is 66.0 Å². The lowest BCUT2D eigenvalue weighted by Gasteiger charge is -2.01. The Hall–Kier alpha value is -3.39. The highest BCUT2D eigenvalue weighted by molar-refractivity contribution is 7.14. The Bertz CT molecular complexity index is 1040. The van der Waals surface area contributed by atoms with Crippen molar-refractivity contribution in [2.75, 3.05) is 5.32 Å². The maximum Gasteiger partial charge on any atom is 0.226 e. The van der Waals surface area contributed by atoms with Crippen LogP contribution in [0.25, 0.3) is 22.6 Å². The van der Waals surface area contributed by atoms with Crippen molar-refractivity contribution in [2.45, 2.75) is 19.4 Å². The molecule has 140 valence electrons. The number of anilines is 1. The molecule has 0 spiro atoms. The van der Waals surface area contributed by atoms with Gasteiger partial charge in [-0.1, -0.05) is 60.7 Å². The van der Waals surface area contributed by atoms with Gasteiger partial charge in [-0.2, -0.15) is 4.80 Å². The van der Waals surface area contributed by atoms with E-state index >= 15 is 0 Å². The fourth-order valence-electron chi connectivity index (χ4n) is 2.68. The standard InChI is InChI=1S/C20H18N6OS/c27-18(22-20-21-17(14-28-20)15-8-3-1-4-9-15)12-7-13-26-24-19(23-25-26)16-10-5-2-6-11-16/h1-6,8-11,14H,7,12-13H2,(H,21,22,27). The second-order valence-corrected chi connectivity index (χ2v) is 6.99. The predicted octanol–water partition coefficient (Wildman–Crippen LogP) is 3.88. The zero-order valence-corrected chi connectivity index (χ0v) is 15.8. The molecule has 0 aliphatic heterocycles. The van der Waals surface area contributed by atoms with Gasteiger partial charge in [-0.3, -0.25) is 4.79 Å². The van der Waals surface area contributed by atoms with E-state index in [0.29, 0.717) is 30.3 Å². The third-order valence-electron chi connectivity index (χ3n) is 4.07. The Balaban J connectivity index is 1.26. The Morgan fingerprint density at radius 1 is 1.00 bits per heavy atom. The van der Waals surface area contributed by atoms with Crippen molar-refractivity contribution >= 4 is 22.4 Å². The zero-order valence-electron chi connectivity index (χ0n) is 15.0. The number of amides is 1. The molecule has 0 radical (unpaired) electrons. The molecule has 0 aliphatic rings. The molecule has 2 aromatic carbocycles. The predicted molar refractivity (Wildman–Crippen MR) is 109 cm³/mol. The average molecular weight is 390 g/mol. The number of carbonyl (C=O) groups is 1. The van der Waals surface area contributed by atoms with Gasteiger partial charge in [-0.25, -0.2) is 4.98 Å². The molecule has 0 unspecified atom stereocenters. The topological polar surface area (TPSA) is 85.6 Å². The first-order chi connectivity index (χ1) is 13.8. The highest BCUT2D eigenvalue weighted by atomic mass is 32.1. The van der Waals surface area contributed by atoms with Crippen molar-refractivity contribution in [1.29, 1.82) is 0 Å². The van der Waals surface area contributed by atoms with Gasteiger partial charge in [0.1, 0.15) is 0 Å².